The van der Waals surface area contributed by atoms with Crippen LogP contribution in [-0.2, 0) is 0 Å². The monoisotopic (exact) mass is 391 g/mol. The van der Waals surface area contributed by atoms with Crippen LogP contribution in [0.2, 0.25) is 0 Å². The highest BCUT2D eigenvalue weighted by Gasteiger charge is 2.14. The molecule has 2 N–H and O–H groups in total. The minimum absolute atomic E-state index is 0.203. The zero-order chi connectivity index (χ0) is 20.6. The second-order valence-electron chi connectivity index (χ2n) is 7.77. The third-order valence-corrected chi connectivity index (χ3v) is 5.21. The van der Waals surface area contributed by atoms with Crippen molar-refractivity contribution in [1.29, 1.82) is 0 Å². The maximum Gasteiger partial charge on any atom is 0.257 e. The molecular formula is C24H29N3O2. The lowest BCUT2D eigenvalue weighted by Gasteiger charge is -2.14. The van der Waals surface area contributed by atoms with Gasteiger partial charge in [-0.15, -0.1) is 0 Å². The van der Waals surface area contributed by atoms with Crippen molar-refractivity contribution in [2.45, 2.75) is 51.9 Å². The molecule has 5 heteroatoms. The number of anilines is 1. The molecular weight excluding hydrogens is 362 g/mol. The summed E-state index contributed by atoms with van der Waals surface area (Å²) in [4.78, 5) is 29.2. The van der Waals surface area contributed by atoms with Crippen molar-refractivity contribution < 1.29 is 9.59 Å². The molecule has 5 nitrogen and oxygen atoms in total. The van der Waals surface area contributed by atoms with Gasteiger partial charge >= 0.3 is 0 Å². The molecule has 2 amide bonds. The van der Waals surface area contributed by atoms with Crippen molar-refractivity contribution >= 4 is 17.5 Å². The zero-order valence-electron chi connectivity index (χ0n) is 17.2. The van der Waals surface area contributed by atoms with E-state index in [9.17, 15) is 9.59 Å². The van der Waals surface area contributed by atoms with Gasteiger partial charge in [0, 0.05) is 24.6 Å². The molecule has 1 aliphatic carbocycles. The van der Waals surface area contributed by atoms with Gasteiger partial charge in [0.1, 0.15) is 0 Å². The van der Waals surface area contributed by atoms with Crippen LogP contribution in [0.25, 0.3) is 0 Å². The molecule has 0 fully saturated rings. The van der Waals surface area contributed by atoms with Crippen LogP contribution >= 0.6 is 0 Å². The van der Waals surface area contributed by atoms with Gasteiger partial charge in [-0.2, -0.15) is 0 Å². The molecule has 152 valence electrons. The maximum absolute atomic E-state index is 12.7. The molecule has 1 aliphatic rings. The van der Waals surface area contributed by atoms with Crippen LogP contribution in [0.4, 0.5) is 5.69 Å². The molecule has 0 atom stereocenters. The number of benzene rings is 1. The highest BCUT2D eigenvalue weighted by molar-refractivity contribution is 6.06. The number of aromatic nitrogens is 1. The summed E-state index contributed by atoms with van der Waals surface area (Å²) in [5.74, 6) is -0.181. The molecule has 0 spiro atoms. The van der Waals surface area contributed by atoms with Crippen LogP contribution in [0.5, 0.6) is 0 Å². The van der Waals surface area contributed by atoms with E-state index in [-0.39, 0.29) is 11.8 Å². The van der Waals surface area contributed by atoms with Gasteiger partial charge in [0.15, 0.2) is 0 Å². The number of hydrogen-bond acceptors (Lipinski definition) is 3. The summed E-state index contributed by atoms with van der Waals surface area (Å²) < 4.78 is 0. The van der Waals surface area contributed by atoms with Gasteiger partial charge in [0.2, 0.25) is 0 Å². The summed E-state index contributed by atoms with van der Waals surface area (Å²) in [5, 5.41) is 5.88. The molecule has 3 rings (SSSR count). The lowest BCUT2D eigenvalue weighted by molar-refractivity contribution is 0.0953. The number of carbonyl (C=O) groups is 2. The van der Waals surface area contributed by atoms with Crippen molar-refractivity contribution in [3.8, 4) is 0 Å². The van der Waals surface area contributed by atoms with Gasteiger partial charge in [-0.1, -0.05) is 43.7 Å². The van der Waals surface area contributed by atoms with Crippen molar-refractivity contribution in [3.63, 3.8) is 0 Å². The number of nitrogens with one attached hydrogen (secondary N) is 2. The molecule has 2 aromatic rings. The van der Waals surface area contributed by atoms with Crippen molar-refractivity contribution in [2.75, 3.05) is 11.9 Å². The number of allylic oxidation sites excluding steroid dienone is 1. The highest BCUT2D eigenvalue weighted by Crippen LogP contribution is 2.24. The van der Waals surface area contributed by atoms with Crippen LogP contribution in [0, 0.1) is 0 Å². The molecule has 1 heterocycles. The van der Waals surface area contributed by atoms with E-state index in [1.165, 1.54) is 30.8 Å². The molecule has 0 radical (unpaired) electrons. The fourth-order valence-corrected chi connectivity index (χ4v) is 3.57. The average molecular weight is 392 g/mol. The predicted molar refractivity (Wildman–Crippen MR) is 116 cm³/mol. The van der Waals surface area contributed by atoms with E-state index in [0.29, 0.717) is 23.6 Å². The van der Waals surface area contributed by atoms with E-state index in [0.717, 1.165) is 30.5 Å². The highest BCUT2D eigenvalue weighted by atomic mass is 16.2. The van der Waals surface area contributed by atoms with Crippen LogP contribution < -0.4 is 10.6 Å². The standard InChI is InChI=1S/C24H29N3O2/c1-17(2)21-10-6-7-11-22(21)27-24(29)20-14-19(15-25-16-20)23(28)26-13-12-18-8-4-3-5-9-18/h6-8,10-11,14-17H,3-5,9,12-13H2,1-2H3,(H,26,28)(H,27,29). The predicted octanol–water partition coefficient (Wildman–Crippen LogP) is 5.08. The van der Waals surface area contributed by atoms with Gasteiger partial charge in [-0.25, -0.2) is 0 Å². The topological polar surface area (TPSA) is 71.1 Å². The van der Waals surface area contributed by atoms with E-state index < -0.39 is 0 Å². The quantitative estimate of drug-likeness (QED) is 0.647. The lowest BCUT2D eigenvalue weighted by Crippen LogP contribution is -2.25. The van der Waals surface area contributed by atoms with Crippen LogP contribution in [0.3, 0.4) is 0 Å². The Bertz CT molecular complexity index is 903. The third-order valence-electron chi connectivity index (χ3n) is 5.21. The van der Waals surface area contributed by atoms with E-state index in [4.69, 9.17) is 0 Å². The summed E-state index contributed by atoms with van der Waals surface area (Å²) in [6.07, 6.45) is 10.9. The molecule has 0 saturated heterocycles. The summed E-state index contributed by atoms with van der Waals surface area (Å²) in [6, 6.07) is 9.34. The van der Waals surface area contributed by atoms with Crippen molar-refractivity contribution in [3.05, 3.63) is 71.1 Å². The number of nitrogens with zero attached hydrogens (tertiary/aromatic N) is 1. The van der Waals surface area contributed by atoms with Crippen LogP contribution in [-0.4, -0.2) is 23.3 Å². The Labute approximate surface area is 172 Å². The maximum atomic E-state index is 12.7. The Morgan fingerprint density at radius 3 is 2.55 bits per heavy atom. The van der Waals surface area contributed by atoms with Gasteiger partial charge < -0.3 is 10.6 Å². The number of carbonyl (C=O) groups excluding carboxylic acids is 2. The second kappa shape index (κ2) is 10.0. The Morgan fingerprint density at radius 1 is 1.07 bits per heavy atom. The normalized spacial score (nSPS) is 13.7. The van der Waals surface area contributed by atoms with Crippen molar-refractivity contribution in [2.24, 2.45) is 0 Å². The van der Waals surface area contributed by atoms with Gasteiger partial charge in [0.05, 0.1) is 11.1 Å². The average Bonchev–Trinajstić information content (AvgIpc) is 2.74. The number of hydrogen-bond donors (Lipinski definition) is 2. The molecule has 1 aromatic carbocycles. The smallest absolute Gasteiger partial charge is 0.257 e. The molecule has 0 aliphatic heterocycles. The number of para-hydroxylation sites is 1. The Hall–Kier alpha value is -2.95. The zero-order valence-corrected chi connectivity index (χ0v) is 17.2. The molecule has 1 aromatic heterocycles. The number of amides is 2. The first-order valence-electron chi connectivity index (χ1n) is 10.4. The number of pyridine rings is 1. The molecule has 0 unspecified atom stereocenters. The minimum atomic E-state index is -0.271. The SMILES string of the molecule is CC(C)c1ccccc1NC(=O)c1cncc(C(=O)NCCC2=CCCCC2)c1. The van der Waals surface area contributed by atoms with E-state index in [1.54, 1.807) is 6.07 Å². The fraction of sp³-hybridized carbons (Fsp3) is 0.375. The van der Waals surface area contributed by atoms with Gasteiger partial charge in [-0.3, -0.25) is 14.6 Å². The Morgan fingerprint density at radius 2 is 1.83 bits per heavy atom. The van der Waals surface area contributed by atoms with Gasteiger partial charge in [-0.05, 0) is 55.7 Å². The summed E-state index contributed by atoms with van der Waals surface area (Å²) in [7, 11) is 0. The minimum Gasteiger partial charge on any atom is -0.352 e. The first-order chi connectivity index (χ1) is 14.0. The first kappa shape index (κ1) is 20.8. The largest absolute Gasteiger partial charge is 0.352 e. The summed E-state index contributed by atoms with van der Waals surface area (Å²) >= 11 is 0. The lowest BCUT2D eigenvalue weighted by atomic mass is 9.97. The molecule has 0 bridgehead atoms. The molecule has 29 heavy (non-hydrogen) atoms. The number of rotatable bonds is 7. The van der Waals surface area contributed by atoms with Crippen molar-refractivity contribution in [1.82, 2.24) is 10.3 Å². The Kier molecular flexibility index (Phi) is 7.17. The summed E-state index contributed by atoms with van der Waals surface area (Å²) in [5.41, 5.74) is 4.04. The third kappa shape index (κ3) is 5.76. The Balaban J connectivity index is 1.62. The van der Waals surface area contributed by atoms with Crippen LogP contribution in [0.15, 0.2) is 54.4 Å². The second-order valence-corrected chi connectivity index (χ2v) is 7.77. The first-order valence-corrected chi connectivity index (χ1v) is 10.4. The molecule has 0 saturated carbocycles. The van der Waals surface area contributed by atoms with E-state index in [1.807, 2.05) is 24.3 Å². The summed E-state index contributed by atoms with van der Waals surface area (Å²) in [6.45, 7) is 4.77. The van der Waals surface area contributed by atoms with Crippen LogP contribution in [0.1, 0.15) is 78.1 Å². The van der Waals surface area contributed by atoms with Gasteiger partial charge in [0.25, 0.3) is 11.8 Å². The van der Waals surface area contributed by atoms with E-state index >= 15 is 0 Å². The fourth-order valence-electron chi connectivity index (χ4n) is 3.57. The van der Waals surface area contributed by atoms with E-state index in [2.05, 4.69) is 35.5 Å².